The van der Waals surface area contributed by atoms with Gasteiger partial charge in [-0.3, -0.25) is 0 Å². The zero-order valence-electron chi connectivity index (χ0n) is 12.5. The van der Waals surface area contributed by atoms with E-state index >= 15 is 0 Å². The maximum Gasteiger partial charge on any atom is 0.321 e. The van der Waals surface area contributed by atoms with Crippen LogP contribution in [0.3, 0.4) is 0 Å². The minimum Gasteiger partial charge on any atom is -0.424 e. The van der Waals surface area contributed by atoms with E-state index in [1.54, 1.807) is 18.5 Å². The highest BCUT2D eigenvalue weighted by molar-refractivity contribution is 5.85. The van der Waals surface area contributed by atoms with Gasteiger partial charge < -0.3 is 10.1 Å². The van der Waals surface area contributed by atoms with E-state index in [0.717, 1.165) is 24.8 Å². The van der Waals surface area contributed by atoms with E-state index in [2.05, 4.69) is 35.2 Å². The summed E-state index contributed by atoms with van der Waals surface area (Å²) in [5.74, 6) is 1.49. The maximum absolute atomic E-state index is 5.61. The Labute approximate surface area is 132 Å². The second kappa shape index (κ2) is 9.32. The number of rotatable bonds is 7. The predicted octanol–water partition coefficient (Wildman–Crippen LogP) is 3.83. The van der Waals surface area contributed by atoms with Gasteiger partial charge in [-0.25, -0.2) is 9.97 Å². The van der Waals surface area contributed by atoms with Crippen molar-refractivity contribution in [2.24, 2.45) is 5.92 Å². The summed E-state index contributed by atoms with van der Waals surface area (Å²) < 4.78 is 5.61. The first-order valence-corrected chi connectivity index (χ1v) is 6.98. The van der Waals surface area contributed by atoms with Crippen molar-refractivity contribution in [1.82, 2.24) is 15.3 Å². The molecule has 1 aromatic carbocycles. The van der Waals surface area contributed by atoms with E-state index in [-0.39, 0.29) is 12.4 Å². The average Bonchev–Trinajstić information content (AvgIpc) is 2.45. The van der Waals surface area contributed by atoms with Gasteiger partial charge in [0.2, 0.25) is 0 Å². The zero-order chi connectivity index (χ0) is 14.2. The molecule has 114 valence electrons. The molecule has 1 heterocycles. The summed E-state index contributed by atoms with van der Waals surface area (Å²) in [5.41, 5.74) is 1.20. The average molecular weight is 308 g/mol. The number of hydrogen-bond donors (Lipinski definition) is 1. The maximum atomic E-state index is 5.61. The Bertz CT molecular complexity index is 520. The highest BCUT2D eigenvalue weighted by Gasteiger charge is 2.01. The third kappa shape index (κ3) is 6.56. The lowest BCUT2D eigenvalue weighted by molar-refractivity contribution is 0.441. The monoisotopic (exact) mass is 307 g/mol. The molecule has 2 rings (SSSR count). The minimum absolute atomic E-state index is 0. The fourth-order valence-corrected chi connectivity index (χ4v) is 1.79. The number of benzene rings is 1. The first kappa shape index (κ1) is 17.4. The van der Waals surface area contributed by atoms with Crippen LogP contribution < -0.4 is 10.1 Å². The Kier molecular flexibility index (Phi) is 7.72. The third-order valence-corrected chi connectivity index (χ3v) is 2.88. The number of ether oxygens (including phenoxy) is 1. The highest BCUT2D eigenvalue weighted by atomic mass is 35.5. The molecule has 2 aromatic rings. The van der Waals surface area contributed by atoms with Crippen molar-refractivity contribution < 1.29 is 4.74 Å². The molecule has 0 fully saturated rings. The molecule has 4 nitrogen and oxygen atoms in total. The number of hydrogen-bond acceptors (Lipinski definition) is 4. The van der Waals surface area contributed by atoms with Crippen LogP contribution in [-0.2, 0) is 6.54 Å². The molecule has 0 unspecified atom stereocenters. The van der Waals surface area contributed by atoms with E-state index in [1.807, 2.05) is 18.2 Å². The van der Waals surface area contributed by atoms with Crippen LogP contribution in [-0.4, -0.2) is 16.5 Å². The summed E-state index contributed by atoms with van der Waals surface area (Å²) in [6.07, 6.45) is 4.52. The molecule has 1 N–H and O–H groups in total. The fourth-order valence-electron chi connectivity index (χ4n) is 1.79. The number of nitrogens with one attached hydrogen (secondary N) is 1. The molecule has 0 amide bonds. The molecule has 0 aliphatic carbocycles. The van der Waals surface area contributed by atoms with Crippen molar-refractivity contribution in [3.05, 3.63) is 48.3 Å². The Hall–Kier alpha value is -1.65. The van der Waals surface area contributed by atoms with Crippen molar-refractivity contribution in [3.8, 4) is 11.8 Å². The van der Waals surface area contributed by atoms with Gasteiger partial charge in [-0.05, 0) is 42.6 Å². The molecular weight excluding hydrogens is 286 g/mol. The Morgan fingerprint density at radius 2 is 1.90 bits per heavy atom. The smallest absolute Gasteiger partial charge is 0.321 e. The van der Waals surface area contributed by atoms with Gasteiger partial charge in [0.15, 0.2) is 0 Å². The lowest BCUT2D eigenvalue weighted by atomic mass is 10.1. The number of halogens is 1. The highest BCUT2D eigenvalue weighted by Crippen LogP contribution is 2.18. The molecule has 21 heavy (non-hydrogen) atoms. The topological polar surface area (TPSA) is 47.0 Å². The molecule has 0 aliphatic rings. The normalized spacial score (nSPS) is 10.2. The Morgan fingerprint density at radius 1 is 1.14 bits per heavy atom. The van der Waals surface area contributed by atoms with Crippen molar-refractivity contribution in [2.75, 3.05) is 6.54 Å². The Morgan fingerprint density at radius 3 is 2.62 bits per heavy atom. The fraction of sp³-hybridized carbons (Fsp3) is 0.375. The van der Waals surface area contributed by atoms with E-state index in [0.29, 0.717) is 6.01 Å². The zero-order valence-corrected chi connectivity index (χ0v) is 13.3. The molecule has 5 heteroatoms. The molecule has 0 radical (unpaired) electrons. The first-order chi connectivity index (χ1) is 9.74. The molecule has 0 saturated heterocycles. The van der Waals surface area contributed by atoms with Gasteiger partial charge in [-0.1, -0.05) is 26.0 Å². The van der Waals surface area contributed by atoms with Gasteiger partial charge in [0.25, 0.3) is 0 Å². The molecule has 0 atom stereocenters. The van der Waals surface area contributed by atoms with Crippen molar-refractivity contribution in [3.63, 3.8) is 0 Å². The molecule has 0 spiro atoms. The predicted molar refractivity (Wildman–Crippen MR) is 87.0 cm³/mol. The summed E-state index contributed by atoms with van der Waals surface area (Å²) in [7, 11) is 0. The summed E-state index contributed by atoms with van der Waals surface area (Å²) in [5, 5.41) is 3.44. The van der Waals surface area contributed by atoms with Gasteiger partial charge in [0, 0.05) is 18.9 Å². The molecule has 0 saturated carbocycles. The Balaban J connectivity index is 0.00000220. The molecule has 0 aliphatic heterocycles. The van der Waals surface area contributed by atoms with Gasteiger partial charge in [0.05, 0.1) is 0 Å². The second-order valence-electron chi connectivity index (χ2n) is 5.14. The van der Waals surface area contributed by atoms with E-state index in [9.17, 15) is 0 Å². The van der Waals surface area contributed by atoms with Crippen LogP contribution in [0.2, 0.25) is 0 Å². The summed E-state index contributed by atoms with van der Waals surface area (Å²) in [6.45, 7) is 6.34. The van der Waals surface area contributed by atoms with E-state index in [1.165, 1.54) is 12.0 Å². The van der Waals surface area contributed by atoms with E-state index < -0.39 is 0 Å². The van der Waals surface area contributed by atoms with Crippen LogP contribution in [0.15, 0.2) is 42.7 Å². The number of nitrogens with zero attached hydrogens (tertiary/aromatic N) is 2. The largest absolute Gasteiger partial charge is 0.424 e. The van der Waals surface area contributed by atoms with Gasteiger partial charge in [-0.15, -0.1) is 12.4 Å². The first-order valence-electron chi connectivity index (χ1n) is 6.98. The summed E-state index contributed by atoms with van der Waals surface area (Å²) >= 11 is 0. The van der Waals surface area contributed by atoms with Crippen LogP contribution in [0, 0.1) is 5.92 Å². The van der Waals surface area contributed by atoms with Crippen LogP contribution in [0.1, 0.15) is 25.8 Å². The standard InChI is InChI=1S/C16H21N3O.ClH/c1-13(2)7-10-17-12-14-5-3-6-15(11-14)20-16-18-8-4-9-19-16;/h3-6,8-9,11,13,17H,7,10,12H2,1-2H3;1H. The summed E-state index contributed by atoms with van der Waals surface area (Å²) in [6, 6.07) is 10.1. The summed E-state index contributed by atoms with van der Waals surface area (Å²) in [4.78, 5) is 8.10. The number of aromatic nitrogens is 2. The lowest BCUT2D eigenvalue weighted by Crippen LogP contribution is -2.16. The van der Waals surface area contributed by atoms with Crippen LogP contribution >= 0.6 is 12.4 Å². The SMILES string of the molecule is CC(C)CCNCc1cccc(Oc2ncccn2)c1.Cl. The molecular formula is C16H22ClN3O. The van der Waals surface area contributed by atoms with Crippen molar-refractivity contribution in [1.29, 1.82) is 0 Å². The molecule has 1 aromatic heterocycles. The van der Waals surface area contributed by atoms with Gasteiger partial charge >= 0.3 is 6.01 Å². The van der Waals surface area contributed by atoms with Crippen LogP contribution in [0.4, 0.5) is 0 Å². The quantitative estimate of drug-likeness (QED) is 0.790. The van der Waals surface area contributed by atoms with Gasteiger partial charge in [0.1, 0.15) is 5.75 Å². The van der Waals surface area contributed by atoms with Crippen molar-refractivity contribution in [2.45, 2.75) is 26.8 Å². The van der Waals surface area contributed by atoms with E-state index in [4.69, 9.17) is 4.74 Å². The molecule has 0 bridgehead atoms. The second-order valence-corrected chi connectivity index (χ2v) is 5.14. The minimum atomic E-state index is 0. The third-order valence-electron chi connectivity index (χ3n) is 2.88. The van der Waals surface area contributed by atoms with Gasteiger partial charge in [-0.2, -0.15) is 0 Å². The van der Waals surface area contributed by atoms with Crippen molar-refractivity contribution >= 4 is 12.4 Å². The lowest BCUT2D eigenvalue weighted by Gasteiger charge is -2.08. The van der Waals surface area contributed by atoms with Crippen LogP contribution in [0.25, 0.3) is 0 Å². The van der Waals surface area contributed by atoms with Crippen LogP contribution in [0.5, 0.6) is 11.8 Å².